The Morgan fingerprint density at radius 2 is 1.78 bits per heavy atom. The molecule has 2 nitrogen and oxygen atoms in total. The van der Waals surface area contributed by atoms with Gasteiger partial charge in [-0.25, -0.2) is 4.39 Å². The van der Waals surface area contributed by atoms with Crippen molar-refractivity contribution in [3.8, 4) is 11.5 Å². The van der Waals surface area contributed by atoms with Crippen LogP contribution in [0.5, 0.6) is 11.5 Å². The molecular formula is C15H16FNO. The van der Waals surface area contributed by atoms with Gasteiger partial charge in [0, 0.05) is 0 Å². The summed E-state index contributed by atoms with van der Waals surface area (Å²) >= 11 is 0. The third-order valence-electron chi connectivity index (χ3n) is 3.00. The summed E-state index contributed by atoms with van der Waals surface area (Å²) in [6, 6.07) is 8.56. The molecule has 2 rings (SSSR count). The highest BCUT2D eigenvalue weighted by Gasteiger charge is 2.09. The minimum absolute atomic E-state index is 0.0380. The average Bonchev–Trinajstić information content (AvgIpc) is 2.31. The third-order valence-corrected chi connectivity index (χ3v) is 3.00. The maximum atomic E-state index is 13.3. The lowest BCUT2D eigenvalue weighted by Crippen LogP contribution is -1.97. The summed E-state index contributed by atoms with van der Waals surface area (Å²) in [5.41, 5.74) is 8.97. The Kier molecular flexibility index (Phi) is 3.24. The van der Waals surface area contributed by atoms with Crippen molar-refractivity contribution in [1.29, 1.82) is 0 Å². The zero-order valence-corrected chi connectivity index (χ0v) is 10.8. The summed E-state index contributed by atoms with van der Waals surface area (Å²) in [5, 5.41) is 0. The Balaban J connectivity index is 2.43. The predicted octanol–water partition coefficient (Wildman–Crippen LogP) is 4.13. The van der Waals surface area contributed by atoms with Crippen LogP contribution in [0.2, 0.25) is 0 Å². The number of nitrogens with two attached hydrogens (primary N) is 1. The standard InChI is InChI=1S/C15H16FNO/c1-9-7-10(2)11(3)14(8-9)18-13-6-4-5-12(16)15(13)17/h4-8H,17H2,1-3H3. The molecule has 2 aromatic rings. The highest BCUT2D eigenvalue weighted by atomic mass is 19.1. The third kappa shape index (κ3) is 2.30. The van der Waals surface area contributed by atoms with E-state index in [1.54, 1.807) is 12.1 Å². The zero-order valence-electron chi connectivity index (χ0n) is 10.8. The first kappa shape index (κ1) is 12.4. The lowest BCUT2D eigenvalue weighted by molar-refractivity contribution is 0.475. The Morgan fingerprint density at radius 1 is 1.06 bits per heavy atom. The number of benzene rings is 2. The molecule has 0 radical (unpaired) electrons. The van der Waals surface area contributed by atoms with Crippen LogP contribution in [0.4, 0.5) is 10.1 Å². The first-order valence-electron chi connectivity index (χ1n) is 5.78. The van der Waals surface area contributed by atoms with Crippen LogP contribution in [0.25, 0.3) is 0 Å². The molecular weight excluding hydrogens is 229 g/mol. The SMILES string of the molecule is Cc1cc(C)c(C)c(Oc2cccc(F)c2N)c1. The Bertz CT molecular complexity index is 593. The fraction of sp³-hybridized carbons (Fsp3) is 0.200. The van der Waals surface area contributed by atoms with Crippen LogP contribution in [0, 0.1) is 26.6 Å². The molecule has 0 bridgehead atoms. The lowest BCUT2D eigenvalue weighted by atomic mass is 10.1. The van der Waals surface area contributed by atoms with E-state index in [2.05, 4.69) is 6.07 Å². The predicted molar refractivity (Wildman–Crippen MR) is 71.5 cm³/mol. The number of hydrogen-bond acceptors (Lipinski definition) is 2. The monoisotopic (exact) mass is 245 g/mol. The second-order valence-corrected chi connectivity index (χ2v) is 4.46. The van der Waals surface area contributed by atoms with Crippen molar-refractivity contribution >= 4 is 5.69 Å². The highest BCUT2D eigenvalue weighted by molar-refractivity contribution is 5.56. The number of aryl methyl sites for hydroxylation is 2. The van der Waals surface area contributed by atoms with E-state index in [9.17, 15) is 4.39 Å². The summed E-state index contributed by atoms with van der Waals surface area (Å²) in [6.45, 7) is 5.98. The number of anilines is 1. The van der Waals surface area contributed by atoms with E-state index < -0.39 is 5.82 Å². The van der Waals surface area contributed by atoms with E-state index in [1.165, 1.54) is 6.07 Å². The van der Waals surface area contributed by atoms with Crippen LogP contribution in [0.3, 0.4) is 0 Å². The van der Waals surface area contributed by atoms with Gasteiger partial charge in [-0.15, -0.1) is 0 Å². The van der Waals surface area contributed by atoms with Gasteiger partial charge in [0.05, 0.1) is 0 Å². The van der Waals surface area contributed by atoms with E-state index in [0.29, 0.717) is 11.5 Å². The number of para-hydroxylation sites is 1. The van der Waals surface area contributed by atoms with Crippen LogP contribution < -0.4 is 10.5 Å². The first-order valence-corrected chi connectivity index (χ1v) is 5.78. The molecule has 2 N–H and O–H groups in total. The van der Waals surface area contributed by atoms with E-state index in [0.717, 1.165) is 16.7 Å². The molecule has 0 atom stereocenters. The van der Waals surface area contributed by atoms with Gasteiger partial charge in [-0.05, 0) is 55.7 Å². The summed E-state index contributed by atoms with van der Waals surface area (Å²) in [4.78, 5) is 0. The Morgan fingerprint density at radius 3 is 2.50 bits per heavy atom. The van der Waals surface area contributed by atoms with Gasteiger partial charge in [-0.1, -0.05) is 12.1 Å². The van der Waals surface area contributed by atoms with Gasteiger partial charge in [0.2, 0.25) is 0 Å². The van der Waals surface area contributed by atoms with E-state index in [-0.39, 0.29) is 5.69 Å². The van der Waals surface area contributed by atoms with Crippen LogP contribution in [-0.4, -0.2) is 0 Å². The summed E-state index contributed by atoms with van der Waals surface area (Å²) in [7, 11) is 0. The summed E-state index contributed by atoms with van der Waals surface area (Å²) in [5.74, 6) is 0.599. The van der Waals surface area contributed by atoms with Gasteiger partial charge in [0.1, 0.15) is 17.3 Å². The van der Waals surface area contributed by atoms with E-state index >= 15 is 0 Å². The number of hydrogen-bond donors (Lipinski definition) is 1. The molecule has 94 valence electrons. The van der Waals surface area contributed by atoms with E-state index in [4.69, 9.17) is 10.5 Å². The molecule has 0 aliphatic carbocycles. The van der Waals surface area contributed by atoms with Gasteiger partial charge >= 0.3 is 0 Å². The molecule has 0 saturated heterocycles. The molecule has 0 saturated carbocycles. The fourth-order valence-electron chi connectivity index (χ4n) is 1.83. The van der Waals surface area contributed by atoms with E-state index in [1.807, 2.05) is 26.8 Å². The topological polar surface area (TPSA) is 35.2 Å². The fourth-order valence-corrected chi connectivity index (χ4v) is 1.83. The molecule has 18 heavy (non-hydrogen) atoms. The largest absolute Gasteiger partial charge is 0.455 e. The van der Waals surface area contributed by atoms with Crippen molar-refractivity contribution in [2.75, 3.05) is 5.73 Å². The normalized spacial score (nSPS) is 10.4. The molecule has 0 amide bonds. The molecule has 2 aromatic carbocycles. The van der Waals surface area contributed by atoms with Crippen LogP contribution in [-0.2, 0) is 0 Å². The van der Waals surface area contributed by atoms with Crippen molar-refractivity contribution in [3.05, 3.63) is 52.8 Å². The van der Waals surface area contributed by atoms with Gasteiger partial charge in [0.25, 0.3) is 0 Å². The van der Waals surface area contributed by atoms with Crippen LogP contribution in [0.15, 0.2) is 30.3 Å². The molecule has 0 heterocycles. The Labute approximate surface area is 106 Å². The van der Waals surface area contributed by atoms with Crippen molar-refractivity contribution in [3.63, 3.8) is 0 Å². The quantitative estimate of drug-likeness (QED) is 0.807. The number of nitrogen functional groups attached to an aromatic ring is 1. The minimum atomic E-state index is -0.463. The molecule has 0 aromatic heterocycles. The maximum Gasteiger partial charge on any atom is 0.153 e. The molecule has 0 aliphatic rings. The number of rotatable bonds is 2. The molecule has 0 spiro atoms. The van der Waals surface area contributed by atoms with Crippen molar-refractivity contribution < 1.29 is 9.13 Å². The van der Waals surface area contributed by atoms with Crippen molar-refractivity contribution in [2.45, 2.75) is 20.8 Å². The van der Waals surface area contributed by atoms with Gasteiger partial charge < -0.3 is 10.5 Å². The second-order valence-electron chi connectivity index (χ2n) is 4.46. The maximum absolute atomic E-state index is 13.3. The average molecular weight is 245 g/mol. The van der Waals surface area contributed by atoms with Crippen LogP contribution in [0.1, 0.15) is 16.7 Å². The van der Waals surface area contributed by atoms with Crippen molar-refractivity contribution in [1.82, 2.24) is 0 Å². The summed E-state index contributed by atoms with van der Waals surface area (Å²) < 4.78 is 19.1. The molecule has 3 heteroatoms. The smallest absolute Gasteiger partial charge is 0.153 e. The van der Waals surface area contributed by atoms with Gasteiger partial charge in [-0.3, -0.25) is 0 Å². The first-order chi connectivity index (χ1) is 8.49. The molecule has 0 aliphatic heterocycles. The highest BCUT2D eigenvalue weighted by Crippen LogP contribution is 2.32. The number of halogens is 1. The Hall–Kier alpha value is -2.03. The second kappa shape index (κ2) is 4.69. The van der Waals surface area contributed by atoms with Gasteiger partial charge in [0.15, 0.2) is 5.75 Å². The summed E-state index contributed by atoms with van der Waals surface area (Å²) in [6.07, 6.45) is 0. The lowest BCUT2D eigenvalue weighted by Gasteiger charge is -2.13. The number of ether oxygens (including phenoxy) is 1. The molecule has 0 fully saturated rings. The molecule has 0 unspecified atom stereocenters. The van der Waals surface area contributed by atoms with Crippen LogP contribution >= 0.6 is 0 Å². The van der Waals surface area contributed by atoms with Crippen molar-refractivity contribution in [2.24, 2.45) is 0 Å². The van der Waals surface area contributed by atoms with Gasteiger partial charge in [-0.2, -0.15) is 0 Å². The zero-order chi connectivity index (χ0) is 13.3. The minimum Gasteiger partial charge on any atom is -0.455 e.